The SMILES string of the molecule is Cc1ccc(S(=O)(=O)Nc2ccccc2C2(C(F)(F)F)OC(c3ccc(Br)cc3)=NN2c2ccccc2)cc1. The second-order valence-electron chi connectivity index (χ2n) is 8.77. The van der Waals surface area contributed by atoms with E-state index in [0.717, 1.165) is 15.0 Å². The first kappa shape index (κ1) is 26.8. The van der Waals surface area contributed by atoms with Gasteiger partial charge < -0.3 is 4.74 Å². The minimum atomic E-state index is -5.07. The van der Waals surface area contributed by atoms with Crippen LogP contribution in [-0.2, 0) is 20.5 Å². The van der Waals surface area contributed by atoms with Gasteiger partial charge in [-0.1, -0.05) is 70.0 Å². The van der Waals surface area contributed by atoms with E-state index in [9.17, 15) is 8.42 Å². The monoisotopic (exact) mass is 615 g/mol. The topological polar surface area (TPSA) is 71.0 Å². The molecule has 1 heterocycles. The van der Waals surface area contributed by atoms with Crippen molar-refractivity contribution < 1.29 is 26.3 Å². The van der Waals surface area contributed by atoms with Gasteiger partial charge in [-0.3, -0.25) is 4.72 Å². The number of anilines is 2. The second-order valence-corrected chi connectivity index (χ2v) is 11.4. The van der Waals surface area contributed by atoms with Crippen LogP contribution in [0, 0.1) is 6.92 Å². The number of hydrogen-bond acceptors (Lipinski definition) is 5. The fraction of sp³-hybridized carbons (Fsp3) is 0.107. The maximum atomic E-state index is 15.3. The zero-order valence-corrected chi connectivity index (χ0v) is 22.8. The van der Waals surface area contributed by atoms with E-state index < -0.39 is 27.5 Å². The molecule has 6 nitrogen and oxygen atoms in total. The Morgan fingerprint density at radius 1 is 0.872 bits per heavy atom. The van der Waals surface area contributed by atoms with Crippen molar-refractivity contribution >= 4 is 43.2 Å². The van der Waals surface area contributed by atoms with Crippen LogP contribution in [0.2, 0.25) is 0 Å². The van der Waals surface area contributed by atoms with E-state index in [1.54, 1.807) is 61.5 Å². The molecule has 4 aromatic carbocycles. The Kier molecular flexibility index (Phi) is 6.90. The Balaban J connectivity index is 1.69. The molecule has 0 aromatic heterocycles. The number of hydrogen-bond donors (Lipinski definition) is 1. The summed E-state index contributed by atoms with van der Waals surface area (Å²) in [6, 6.07) is 25.5. The van der Waals surface area contributed by atoms with Crippen LogP contribution in [0.1, 0.15) is 16.7 Å². The smallest absolute Gasteiger partial charge is 0.433 e. The number of nitrogens with zero attached hydrogens (tertiary/aromatic N) is 2. The van der Waals surface area contributed by atoms with Gasteiger partial charge >= 0.3 is 11.9 Å². The third-order valence-corrected chi connectivity index (χ3v) is 7.99. The van der Waals surface area contributed by atoms with Crippen LogP contribution in [0.25, 0.3) is 0 Å². The van der Waals surface area contributed by atoms with Gasteiger partial charge in [0.05, 0.1) is 21.8 Å². The van der Waals surface area contributed by atoms with E-state index in [1.165, 1.54) is 48.5 Å². The lowest BCUT2D eigenvalue weighted by atomic mass is 9.98. The molecule has 0 fully saturated rings. The van der Waals surface area contributed by atoms with E-state index in [2.05, 4.69) is 25.8 Å². The van der Waals surface area contributed by atoms with Crippen LogP contribution in [0.5, 0.6) is 0 Å². The Morgan fingerprint density at radius 2 is 1.49 bits per heavy atom. The fourth-order valence-electron chi connectivity index (χ4n) is 4.17. The molecule has 0 saturated carbocycles. The van der Waals surface area contributed by atoms with E-state index in [4.69, 9.17) is 4.74 Å². The first-order valence-electron chi connectivity index (χ1n) is 11.7. The standard InChI is InChI=1S/C28H21BrF3N3O3S/c1-19-11-17-23(18-12-19)39(36,37)34-25-10-6-5-9-24(25)27(28(30,31)32)35(22-7-3-2-4-8-22)33-26(38-27)20-13-15-21(29)16-14-20/h2-18,34H,1H3. The van der Waals surface area contributed by atoms with Crippen molar-refractivity contribution in [1.82, 2.24) is 0 Å². The summed E-state index contributed by atoms with van der Waals surface area (Å²) in [5.74, 6) is -0.278. The molecule has 0 saturated heterocycles. The summed E-state index contributed by atoms with van der Waals surface area (Å²) in [5, 5.41) is 5.01. The molecule has 4 aromatic rings. The normalized spacial score (nSPS) is 17.5. The van der Waals surface area contributed by atoms with Crippen LogP contribution in [0.15, 0.2) is 118 Å². The number of alkyl halides is 3. The van der Waals surface area contributed by atoms with Crippen LogP contribution >= 0.6 is 15.9 Å². The summed E-state index contributed by atoms with van der Waals surface area (Å²) in [6.45, 7) is 1.80. The van der Waals surface area contributed by atoms with Gasteiger partial charge in [0, 0.05) is 10.0 Å². The fourth-order valence-corrected chi connectivity index (χ4v) is 5.52. The molecule has 39 heavy (non-hydrogen) atoms. The number of hydrazone groups is 1. The predicted molar refractivity (Wildman–Crippen MR) is 147 cm³/mol. The van der Waals surface area contributed by atoms with Gasteiger partial charge in [-0.2, -0.15) is 13.2 Å². The van der Waals surface area contributed by atoms with E-state index in [0.29, 0.717) is 5.56 Å². The third-order valence-electron chi connectivity index (χ3n) is 6.08. The Labute approximate surface area is 231 Å². The number of ether oxygens (including phenoxy) is 1. The Morgan fingerprint density at radius 3 is 2.13 bits per heavy atom. The highest BCUT2D eigenvalue weighted by Gasteiger charge is 2.67. The molecule has 1 aliphatic heterocycles. The minimum Gasteiger partial charge on any atom is -0.433 e. The van der Waals surface area contributed by atoms with Crippen LogP contribution in [0.4, 0.5) is 24.5 Å². The van der Waals surface area contributed by atoms with Crippen LogP contribution in [-0.4, -0.2) is 20.5 Å². The molecule has 0 amide bonds. The summed E-state index contributed by atoms with van der Waals surface area (Å²) in [4.78, 5) is -0.0944. The number of halogens is 4. The highest BCUT2D eigenvalue weighted by Crippen LogP contribution is 2.52. The highest BCUT2D eigenvalue weighted by molar-refractivity contribution is 9.10. The van der Waals surface area contributed by atoms with Crippen molar-refractivity contribution in [2.75, 3.05) is 9.73 Å². The molecule has 11 heteroatoms. The van der Waals surface area contributed by atoms with Crippen molar-refractivity contribution in [3.8, 4) is 0 Å². The van der Waals surface area contributed by atoms with Gasteiger partial charge in [0.25, 0.3) is 10.0 Å². The first-order chi connectivity index (χ1) is 18.5. The molecule has 0 aliphatic carbocycles. The molecule has 1 unspecified atom stereocenters. The quantitative estimate of drug-likeness (QED) is 0.250. The maximum absolute atomic E-state index is 15.3. The molecular formula is C28H21BrF3N3O3S. The molecule has 200 valence electrons. The van der Waals surface area contributed by atoms with Crippen molar-refractivity contribution in [2.45, 2.75) is 23.7 Å². The Hall–Kier alpha value is -3.83. The molecule has 1 atom stereocenters. The third kappa shape index (κ3) is 4.99. The molecule has 0 bridgehead atoms. The second kappa shape index (κ2) is 10.0. The predicted octanol–water partition coefficient (Wildman–Crippen LogP) is 7.17. The first-order valence-corrected chi connectivity index (χ1v) is 13.9. The van der Waals surface area contributed by atoms with Gasteiger partial charge in [-0.25, -0.2) is 13.4 Å². The van der Waals surface area contributed by atoms with Gasteiger partial charge in [0.1, 0.15) is 0 Å². The summed E-state index contributed by atoms with van der Waals surface area (Å²) in [5.41, 5.74) is -2.73. The lowest BCUT2D eigenvalue weighted by Crippen LogP contribution is -2.54. The number of aryl methyl sites for hydroxylation is 1. The lowest BCUT2D eigenvalue weighted by molar-refractivity contribution is -0.253. The number of para-hydroxylation sites is 2. The van der Waals surface area contributed by atoms with Crippen LogP contribution in [0.3, 0.4) is 0 Å². The number of rotatable bonds is 6. The maximum Gasteiger partial charge on any atom is 0.455 e. The van der Waals surface area contributed by atoms with Gasteiger partial charge in [0.2, 0.25) is 5.90 Å². The van der Waals surface area contributed by atoms with E-state index in [1.807, 2.05) is 0 Å². The van der Waals surface area contributed by atoms with E-state index in [-0.39, 0.29) is 22.2 Å². The van der Waals surface area contributed by atoms with Crippen molar-refractivity contribution in [3.63, 3.8) is 0 Å². The molecule has 5 rings (SSSR count). The molecule has 0 radical (unpaired) electrons. The average Bonchev–Trinajstić information content (AvgIpc) is 3.32. The minimum absolute atomic E-state index is 0.0944. The summed E-state index contributed by atoms with van der Waals surface area (Å²) in [7, 11) is -4.24. The highest BCUT2D eigenvalue weighted by atomic mass is 79.9. The summed E-state index contributed by atoms with van der Waals surface area (Å²) >= 11 is 3.32. The van der Waals surface area contributed by atoms with Crippen LogP contribution < -0.4 is 9.73 Å². The molecule has 0 spiro atoms. The molecule has 1 aliphatic rings. The largest absolute Gasteiger partial charge is 0.455 e. The van der Waals surface area contributed by atoms with E-state index >= 15 is 13.2 Å². The average molecular weight is 616 g/mol. The summed E-state index contributed by atoms with van der Waals surface area (Å²) < 4.78 is 81.3. The van der Waals surface area contributed by atoms with Crippen molar-refractivity contribution in [2.24, 2.45) is 5.10 Å². The van der Waals surface area contributed by atoms with Gasteiger partial charge in [-0.05, 0) is 61.5 Å². The summed E-state index contributed by atoms with van der Waals surface area (Å²) in [6.07, 6.45) is -5.07. The number of sulfonamides is 1. The van der Waals surface area contributed by atoms with Gasteiger partial charge in [0.15, 0.2) is 0 Å². The van der Waals surface area contributed by atoms with Crippen molar-refractivity contribution in [3.05, 3.63) is 124 Å². The lowest BCUT2D eigenvalue weighted by Gasteiger charge is -2.38. The zero-order valence-electron chi connectivity index (χ0n) is 20.4. The molecular weight excluding hydrogens is 595 g/mol. The molecule has 1 N–H and O–H groups in total. The van der Waals surface area contributed by atoms with Gasteiger partial charge in [-0.15, -0.1) is 5.10 Å². The Bertz CT molecular complexity index is 1630. The zero-order chi connectivity index (χ0) is 27.8. The number of nitrogens with one attached hydrogen (secondary N) is 1. The number of benzene rings is 4. The van der Waals surface area contributed by atoms with Crippen molar-refractivity contribution in [1.29, 1.82) is 0 Å².